The van der Waals surface area contributed by atoms with Crippen molar-refractivity contribution in [3.63, 3.8) is 0 Å². The first-order chi connectivity index (χ1) is 12.9. The number of fused-ring (bicyclic) bond motifs is 3. The van der Waals surface area contributed by atoms with Gasteiger partial charge in [0.15, 0.2) is 0 Å². The van der Waals surface area contributed by atoms with Gasteiger partial charge in [0.2, 0.25) is 0 Å². The molecular formula is C20H26O8. The Balaban J connectivity index is 1.96. The molecule has 4 aliphatic carbocycles. The van der Waals surface area contributed by atoms with Gasteiger partial charge in [0.25, 0.3) is 0 Å². The molecule has 0 radical (unpaired) electrons. The van der Waals surface area contributed by atoms with E-state index in [1.54, 1.807) is 0 Å². The minimum absolute atomic E-state index is 0.158. The molecule has 154 valence electrons. The Morgan fingerprint density at radius 3 is 2.32 bits per heavy atom. The molecule has 8 nitrogen and oxygen atoms in total. The van der Waals surface area contributed by atoms with Crippen molar-refractivity contribution in [2.45, 2.75) is 50.7 Å². The first-order valence-corrected chi connectivity index (χ1v) is 9.68. The zero-order valence-electron chi connectivity index (χ0n) is 15.7. The van der Waals surface area contributed by atoms with Crippen LogP contribution in [0.2, 0.25) is 0 Å². The van der Waals surface area contributed by atoms with E-state index in [4.69, 9.17) is 0 Å². The maximum absolute atomic E-state index is 12.5. The third kappa shape index (κ3) is 2.05. The van der Waals surface area contributed by atoms with E-state index in [-0.39, 0.29) is 25.2 Å². The van der Waals surface area contributed by atoms with Crippen molar-refractivity contribution in [1.29, 1.82) is 0 Å². The Kier molecular flexibility index (Phi) is 3.86. The SMILES string of the molecule is C=C1CC23CC1(O)CCC2C1C(C(=O)O)CC(O)C(C)(C(=O)O)C1C3C(=O)O. The van der Waals surface area contributed by atoms with E-state index < -0.39 is 64.1 Å². The lowest BCUT2D eigenvalue weighted by atomic mass is 9.55. The molecule has 2 bridgehead atoms. The Morgan fingerprint density at radius 2 is 1.79 bits per heavy atom. The highest BCUT2D eigenvalue weighted by Crippen LogP contribution is 2.74. The fourth-order valence-corrected chi connectivity index (χ4v) is 7.45. The molecule has 9 unspecified atom stereocenters. The Morgan fingerprint density at radius 1 is 1.14 bits per heavy atom. The third-order valence-electron chi connectivity index (χ3n) is 8.66. The minimum Gasteiger partial charge on any atom is -0.481 e. The second-order valence-corrected chi connectivity index (χ2v) is 9.57. The second kappa shape index (κ2) is 5.57. The van der Waals surface area contributed by atoms with E-state index in [0.717, 1.165) is 0 Å². The number of carboxylic acids is 3. The number of rotatable bonds is 3. The molecule has 0 heterocycles. The number of aliphatic hydroxyl groups excluding tert-OH is 1. The van der Waals surface area contributed by atoms with Crippen molar-refractivity contribution in [1.82, 2.24) is 0 Å². The van der Waals surface area contributed by atoms with Crippen LogP contribution in [0.1, 0.15) is 39.0 Å². The van der Waals surface area contributed by atoms with Gasteiger partial charge >= 0.3 is 17.9 Å². The molecule has 0 saturated heterocycles. The molecule has 4 rings (SSSR count). The lowest BCUT2D eigenvalue weighted by Crippen LogP contribution is -2.57. The molecule has 4 aliphatic rings. The number of carboxylic acid groups (broad SMARTS) is 3. The summed E-state index contributed by atoms with van der Waals surface area (Å²) in [6.07, 6.45) is -0.484. The van der Waals surface area contributed by atoms with Crippen LogP contribution in [0, 0.1) is 40.4 Å². The average Bonchev–Trinajstić information content (AvgIpc) is 2.98. The van der Waals surface area contributed by atoms with Crippen LogP contribution < -0.4 is 0 Å². The zero-order chi connectivity index (χ0) is 20.8. The summed E-state index contributed by atoms with van der Waals surface area (Å²) in [6, 6.07) is 0. The summed E-state index contributed by atoms with van der Waals surface area (Å²) < 4.78 is 0. The molecule has 0 aromatic carbocycles. The van der Waals surface area contributed by atoms with E-state index in [1.807, 2.05) is 0 Å². The highest BCUT2D eigenvalue weighted by atomic mass is 16.4. The van der Waals surface area contributed by atoms with Crippen LogP contribution in [-0.4, -0.2) is 55.1 Å². The average molecular weight is 394 g/mol. The van der Waals surface area contributed by atoms with Crippen molar-refractivity contribution >= 4 is 17.9 Å². The predicted molar refractivity (Wildman–Crippen MR) is 94.1 cm³/mol. The monoisotopic (exact) mass is 394 g/mol. The predicted octanol–water partition coefficient (Wildman–Crippen LogP) is 0.967. The summed E-state index contributed by atoms with van der Waals surface area (Å²) >= 11 is 0. The quantitative estimate of drug-likeness (QED) is 0.444. The molecule has 5 N–H and O–H groups in total. The fraction of sp³-hybridized carbons (Fsp3) is 0.750. The topological polar surface area (TPSA) is 152 Å². The van der Waals surface area contributed by atoms with E-state index >= 15 is 0 Å². The summed E-state index contributed by atoms with van der Waals surface area (Å²) in [7, 11) is 0. The van der Waals surface area contributed by atoms with Crippen molar-refractivity contribution in [2.75, 3.05) is 0 Å². The van der Waals surface area contributed by atoms with Gasteiger partial charge in [-0.15, -0.1) is 0 Å². The van der Waals surface area contributed by atoms with Crippen LogP contribution >= 0.6 is 0 Å². The molecule has 4 saturated carbocycles. The Hall–Kier alpha value is -1.93. The molecule has 0 aromatic rings. The van der Waals surface area contributed by atoms with Gasteiger partial charge < -0.3 is 25.5 Å². The van der Waals surface area contributed by atoms with Crippen LogP contribution in [0.15, 0.2) is 12.2 Å². The van der Waals surface area contributed by atoms with Crippen LogP contribution in [-0.2, 0) is 14.4 Å². The molecule has 0 aromatic heterocycles. The summed E-state index contributed by atoms with van der Waals surface area (Å²) in [5, 5.41) is 51.6. The van der Waals surface area contributed by atoms with E-state index in [0.29, 0.717) is 18.4 Å². The molecule has 9 atom stereocenters. The van der Waals surface area contributed by atoms with Gasteiger partial charge in [-0.3, -0.25) is 14.4 Å². The van der Waals surface area contributed by atoms with Gasteiger partial charge in [-0.2, -0.15) is 0 Å². The van der Waals surface area contributed by atoms with E-state index in [2.05, 4.69) is 6.58 Å². The number of hydrogen-bond donors (Lipinski definition) is 5. The second-order valence-electron chi connectivity index (χ2n) is 9.57. The van der Waals surface area contributed by atoms with Crippen LogP contribution in [0.5, 0.6) is 0 Å². The largest absolute Gasteiger partial charge is 0.481 e. The lowest BCUT2D eigenvalue weighted by molar-refractivity contribution is -0.184. The summed E-state index contributed by atoms with van der Waals surface area (Å²) in [6.45, 7) is 5.29. The molecule has 4 fully saturated rings. The van der Waals surface area contributed by atoms with E-state index in [1.165, 1.54) is 6.92 Å². The Labute approximate surface area is 161 Å². The zero-order valence-corrected chi connectivity index (χ0v) is 15.7. The fourth-order valence-electron chi connectivity index (χ4n) is 7.45. The first kappa shape index (κ1) is 19.4. The normalized spacial score (nSPS) is 52.0. The maximum atomic E-state index is 12.5. The number of aliphatic carboxylic acids is 3. The lowest BCUT2D eigenvalue weighted by Gasteiger charge is -2.48. The highest BCUT2D eigenvalue weighted by Gasteiger charge is 2.76. The van der Waals surface area contributed by atoms with Gasteiger partial charge in [-0.05, 0) is 67.8 Å². The first-order valence-electron chi connectivity index (χ1n) is 9.68. The number of aliphatic hydroxyl groups is 2. The van der Waals surface area contributed by atoms with Crippen LogP contribution in [0.25, 0.3) is 0 Å². The smallest absolute Gasteiger partial charge is 0.312 e. The standard InChI is InChI=1S/C20H26O8/c1-8-6-19-7-20(8,28)4-3-10(19)12-9(15(22)23)5-11(21)18(2,17(26)27)13(12)14(19)16(24)25/h9-14,21,28H,1,3-7H2,2H3,(H,22,23)(H,24,25)(H,26,27). The summed E-state index contributed by atoms with van der Waals surface area (Å²) in [5.74, 6) is -7.88. The number of hydrogen-bond acceptors (Lipinski definition) is 5. The third-order valence-corrected chi connectivity index (χ3v) is 8.66. The number of carbonyl (C=O) groups is 3. The van der Waals surface area contributed by atoms with Crippen molar-refractivity contribution in [2.24, 2.45) is 40.4 Å². The molecule has 1 spiro atoms. The van der Waals surface area contributed by atoms with Gasteiger partial charge in [-0.25, -0.2) is 0 Å². The molecule has 0 amide bonds. The van der Waals surface area contributed by atoms with Gasteiger partial charge in [0.05, 0.1) is 29.0 Å². The van der Waals surface area contributed by atoms with Gasteiger partial charge in [0, 0.05) is 0 Å². The molecule has 28 heavy (non-hydrogen) atoms. The highest BCUT2D eigenvalue weighted by molar-refractivity contribution is 5.81. The van der Waals surface area contributed by atoms with Gasteiger partial charge in [0.1, 0.15) is 0 Å². The van der Waals surface area contributed by atoms with Crippen LogP contribution in [0.3, 0.4) is 0 Å². The molecule has 8 heteroatoms. The van der Waals surface area contributed by atoms with Crippen molar-refractivity contribution in [3.8, 4) is 0 Å². The Bertz CT molecular complexity index is 791. The van der Waals surface area contributed by atoms with E-state index in [9.17, 15) is 39.9 Å². The summed E-state index contributed by atoms with van der Waals surface area (Å²) in [5.41, 5.74) is -3.34. The maximum Gasteiger partial charge on any atom is 0.312 e. The molecule has 0 aliphatic heterocycles. The van der Waals surface area contributed by atoms with Crippen LogP contribution in [0.4, 0.5) is 0 Å². The summed E-state index contributed by atoms with van der Waals surface area (Å²) in [4.78, 5) is 36.7. The van der Waals surface area contributed by atoms with Crippen molar-refractivity contribution < 1.29 is 39.9 Å². The minimum atomic E-state index is -1.77. The molecular weight excluding hydrogens is 368 g/mol. The van der Waals surface area contributed by atoms with Gasteiger partial charge in [-0.1, -0.05) is 6.58 Å². The van der Waals surface area contributed by atoms with Crippen molar-refractivity contribution in [3.05, 3.63) is 12.2 Å².